The smallest absolute Gasteiger partial charge is 0.148 e. The Morgan fingerprint density at radius 3 is 2.94 bits per heavy atom. The molecule has 0 aliphatic heterocycles. The number of aromatic nitrogens is 5. The second kappa shape index (κ2) is 5.58. The first-order chi connectivity index (χ1) is 8.33. The van der Waals surface area contributed by atoms with Gasteiger partial charge in [0.15, 0.2) is 0 Å². The molecule has 0 saturated carbocycles. The molecule has 2 heterocycles. The van der Waals surface area contributed by atoms with Gasteiger partial charge in [-0.1, -0.05) is 6.92 Å². The van der Waals surface area contributed by atoms with E-state index >= 15 is 0 Å². The molecule has 0 atom stereocenters. The summed E-state index contributed by atoms with van der Waals surface area (Å²) < 4.78 is 3.77. The average Bonchev–Trinajstić information content (AvgIpc) is 2.96. The third kappa shape index (κ3) is 2.91. The minimum Gasteiger partial charge on any atom is -0.313 e. The number of rotatable bonds is 6. The lowest BCUT2D eigenvalue weighted by molar-refractivity contribution is 0.567. The Labute approximate surface area is 101 Å². The summed E-state index contributed by atoms with van der Waals surface area (Å²) >= 11 is 0. The highest BCUT2D eigenvalue weighted by atomic mass is 15.4. The Balaban J connectivity index is 2.01. The molecule has 92 valence electrons. The van der Waals surface area contributed by atoms with Gasteiger partial charge >= 0.3 is 0 Å². The normalized spacial score (nSPS) is 10.9. The number of aryl methyl sites for hydroxylation is 1. The largest absolute Gasteiger partial charge is 0.313 e. The molecule has 0 aliphatic carbocycles. The van der Waals surface area contributed by atoms with Gasteiger partial charge in [0.05, 0.1) is 6.20 Å². The molecule has 0 aliphatic rings. The molecule has 0 aromatic carbocycles. The first-order valence-corrected chi connectivity index (χ1v) is 5.92. The summed E-state index contributed by atoms with van der Waals surface area (Å²) in [5, 5.41) is 11.7. The second-order valence-electron chi connectivity index (χ2n) is 3.82. The van der Waals surface area contributed by atoms with Crippen molar-refractivity contribution in [2.45, 2.75) is 33.5 Å². The summed E-state index contributed by atoms with van der Waals surface area (Å²) in [6.45, 7) is 7.47. The van der Waals surface area contributed by atoms with Crippen molar-refractivity contribution in [3.63, 3.8) is 0 Å². The van der Waals surface area contributed by atoms with Gasteiger partial charge in [0.25, 0.3) is 0 Å². The lowest BCUT2D eigenvalue weighted by Crippen LogP contribution is -2.11. The highest BCUT2D eigenvalue weighted by Gasteiger charge is 2.04. The Kier molecular flexibility index (Phi) is 3.87. The fourth-order valence-corrected chi connectivity index (χ4v) is 1.67. The molecule has 2 aromatic heterocycles. The zero-order valence-electron chi connectivity index (χ0n) is 10.3. The molecule has 0 spiro atoms. The van der Waals surface area contributed by atoms with Crippen LogP contribution in [0.3, 0.4) is 0 Å². The average molecular weight is 234 g/mol. The Morgan fingerprint density at radius 2 is 2.18 bits per heavy atom. The SMILES string of the molecule is CCNCc1cnn(Cc2ncnn2CC)c1. The maximum atomic E-state index is 4.31. The van der Waals surface area contributed by atoms with Gasteiger partial charge in [-0.2, -0.15) is 10.2 Å². The zero-order valence-corrected chi connectivity index (χ0v) is 10.3. The van der Waals surface area contributed by atoms with Crippen LogP contribution in [-0.4, -0.2) is 31.1 Å². The quantitative estimate of drug-likeness (QED) is 0.797. The van der Waals surface area contributed by atoms with Crippen LogP contribution in [0.25, 0.3) is 0 Å². The van der Waals surface area contributed by atoms with Crippen LogP contribution >= 0.6 is 0 Å². The van der Waals surface area contributed by atoms with Crippen molar-refractivity contribution < 1.29 is 0 Å². The fraction of sp³-hybridized carbons (Fsp3) is 0.545. The van der Waals surface area contributed by atoms with Gasteiger partial charge in [-0.3, -0.25) is 4.68 Å². The molecule has 2 aromatic rings. The van der Waals surface area contributed by atoms with E-state index in [1.165, 1.54) is 5.56 Å². The minimum absolute atomic E-state index is 0.667. The van der Waals surface area contributed by atoms with E-state index in [2.05, 4.69) is 34.3 Å². The van der Waals surface area contributed by atoms with Crippen molar-refractivity contribution in [2.24, 2.45) is 0 Å². The van der Waals surface area contributed by atoms with Crippen molar-refractivity contribution in [1.82, 2.24) is 29.9 Å². The van der Waals surface area contributed by atoms with Crippen LogP contribution in [0.2, 0.25) is 0 Å². The van der Waals surface area contributed by atoms with Crippen LogP contribution in [-0.2, 0) is 19.6 Å². The van der Waals surface area contributed by atoms with Crippen molar-refractivity contribution in [2.75, 3.05) is 6.54 Å². The van der Waals surface area contributed by atoms with Gasteiger partial charge in [-0.05, 0) is 13.5 Å². The van der Waals surface area contributed by atoms with Gasteiger partial charge < -0.3 is 5.32 Å². The standard InChI is InChI=1S/C11H18N6/c1-3-12-5-10-6-14-16(7-10)8-11-13-9-15-17(11)4-2/h6-7,9,12H,3-5,8H2,1-2H3. The molecule has 0 amide bonds. The predicted molar refractivity (Wildman–Crippen MR) is 64.4 cm³/mol. The lowest BCUT2D eigenvalue weighted by Gasteiger charge is -2.02. The van der Waals surface area contributed by atoms with Crippen molar-refractivity contribution in [1.29, 1.82) is 0 Å². The van der Waals surface area contributed by atoms with E-state index < -0.39 is 0 Å². The number of hydrogen-bond donors (Lipinski definition) is 1. The topological polar surface area (TPSA) is 60.6 Å². The summed E-state index contributed by atoms with van der Waals surface area (Å²) in [7, 11) is 0. The Morgan fingerprint density at radius 1 is 1.29 bits per heavy atom. The van der Waals surface area contributed by atoms with Crippen LogP contribution in [0.1, 0.15) is 25.2 Å². The van der Waals surface area contributed by atoms with Crippen LogP contribution in [0.4, 0.5) is 0 Å². The summed E-state index contributed by atoms with van der Waals surface area (Å²) in [6.07, 6.45) is 5.51. The van der Waals surface area contributed by atoms with Crippen molar-refractivity contribution in [3.8, 4) is 0 Å². The predicted octanol–water partition coefficient (Wildman–Crippen LogP) is 0.652. The first-order valence-electron chi connectivity index (χ1n) is 5.92. The summed E-state index contributed by atoms with van der Waals surface area (Å²) in [6, 6.07) is 0. The van der Waals surface area contributed by atoms with Crippen LogP contribution in [0.15, 0.2) is 18.7 Å². The number of nitrogens with zero attached hydrogens (tertiary/aromatic N) is 5. The lowest BCUT2D eigenvalue weighted by atomic mass is 10.3. The van der Waals surface area contributed by atoms with Gasteiger partial charge in [0, 0.05) is 24.8 Å². The number of nitrogens with one attached hydrogen (secondary N) is 1. The summed E-state index contributed by atoms with van der Waals surface area (Å²) in [4.78, 5) is 4.23. The Hall–Kier alpha value is -1.69. The summed E-state index contributed by atoms with van der Waals surface area (Å²) in [5.41, 5.74) is 1.19. The molecule has 0 radical (unpaired) electrons. The molecule has 17 heavy (non-hydrogen) atoms. The van der Waals surface area contributed by atoms with Gasteiger partial charge in [-0.15, -0.1) is 0 Å². The van der Waals surface area contributed by atoms with E-state index in [1.54, 1.807) is 6.33 Å². The third-order valence-corrected chi connectivity index (χ3v) is 2.56. The van der Waals surface area contributed by atoms with E-state index in [9.17, 15) is 0 Å². The minimum atomic E-state index is 0.667. The maximum absolute atomic E-state index is 4.31. The van der Waals surface area contributed by atoms with E-state index in [0.29, 0.717) is 6.54 Å². The molecular formula is C11H18N6. The summed E-state index contributed by atoms with van der Waals surface area (Å²) in [5.74, 6) is 0.936. The maximum Gasteiger partial charge on any atom is 0.148 e. The fourth-order valence-electron chi connectivity index (χ4n) is 1.67. The highest BCUT2D eigenvalue weighted by Crippen LogP contribution is 2.01. The molecular weight excluding hydrogens is 216 g/mol. The monoisotopic (exact) mass is 234 g/mol. The van der Waals surface area contributed by atoms with E-state index in [1.807, 2.05) is 21.8 Å². The molecule has 1 N–H and O–H groups in total. The van der Waals surface area contributed by atoms with Gasteiger partial charge in [0.2, 0.25) is 0 Å². The molecule has 0 saturated heterocycles. The van der Waals surface area contributed by atoms with Crippen molar-refractivity contribution >= 4 is 0 Å². The van der Waals surface area contributed by atoms with E-state index in [-0.39, 0.29) is 0 Å². The zero-order chi connectivity index (χ0) is 12.1. The number of hydrogen-bond acceptors (Lipinski definition) is 4. The van der Waals surface area contributed by atoms with E-state index in [0.717, 1.165) is 25.5 Å². The second-order valence-corrected chi connectivity index (χ2v) is 3.82. The highest BCUT2D eigenvalue weighted by molar-refractivity contribution is 5.04. The van der Waals surface area contributed by atoms with Crippen LogP contribution < -0.4 is 5.32 Å². The third-order valence-electron chi connectivity index (χ3n) is 2.56. The van der Waals surface area contributed by atoms with Gasteiger partial charge in [-0.25, -0.2) is 9.67 Å². The first kappa shape index (κ1) is 11.8. The molecule has 0 fully saturated rings. The van der Waals surface area contributed by atoms with E-state index in [4.69, 9.17) is 0 Å². The Bertz CT molecular complexity index is 458. The van der Waals surface area contributed by atoms with Gasteiger partial charge in [0.1, 0.15) is 18.7 Å². The molecule has 6 nitrogen and oxygen atoms in total. The molecule has 0 bridgehead atoms. The van der Waals surface area contributed by atoms with Crippen LogP contribution in [0.5, 0.6) is 0 Å². The molecule has 0 unspecified atom stereocenters. The molecule has 6 heteroatoms. The van der Waals surface area contributed by atoms with Crippen LogP contribution in [0, 0.1) is 0 Å². The molecule has 2 rings (SSSR count). The van der Waals surface area contributed by atoms with Crippen molar-refractivity contribution in [3.05, 3.63) is 30.1 Å².